The van der Waals surface area contributed by atoms with Gasteiger partial charge in [0.1, 0.15) is 10.9 Å². The number of phenolic OH excluding ortho intramolecular Hbond substituents is 1. The van der Waals surface area contributed by atoms with Gasteiger partial charge in [-0.2, -0.15) is 26.3 Å². The van der Waals surface area contributed by atoms with Crippen LogP contribution in [0.4, 0.5) is 36.4 Å². The van der Waals surface area contributed by atoms with Gasteiger partial charge in [-0.1, -0.05) is 23.2 Å². The van der Waals surface area contributed by atoms with Crippen LogP contribution in [0.2, 0.25) is 10.2 Å². The highest BCUT2D eigenvalue weighted by Gasteiger charge is 2.73. The summed E-state index contributed by atoms with van der Waals surface area (Å²) in [5.41, 5.74) is -8.48. The summed E-state index contributed by atoms with van der Waals surface area (Å²) < 4.78 is 96.6. The summed E-state index contributed by atoms with van der Waals surface area (Å²) in [6.07, 6.45) is -9.96. The monoisotopic (exact) mass is 533 g/mol. The van der Waals surface area contributed by atoms with Crippen LogP contribution in [-0.2, 0) is 10.4 Å². The van der Waals surface area contributed by atoms with Crippen LogP contribution in [0.1, 0.15) is 21.5 Å². The fourth-order valence-corrected chi connectivity index (χ4v) is 3.09. The Morgan fingerprint density at radius 3 is 2.18 bits per heavy atom. The molecule has 0 atom stereocenters. The molecule has 0 unspecified atom stereocenters. The Morgan fingerprint density at radius 2 is 1.71 bits per heavy atom. The average molecular weight is 534 g/mol. The van der Waals surface area contributed by atoms with Crippen LogP contribution in [0.15, 0.2) is 30.6 Å². The first-order chi connectivity index (χ1) is 15.6. The lowest BCUT2D eigenvalue weighted by molar-refractivity contribution is -0.348. The number of hydrogen-bond acceptors (Lipinski definition) is 6. The third-order valence-corrected chi connectivity index (χ3v) is 4.95. The second kappa shape index (κ2) is 9.66. The zero-order chi connectivity index (χ0) is 26.1. The molecule has 1 heterocycles. The number of aromatic nitrogens is 1. The molecule has 1 aromatic carbocycles. The molecule has 2 rings (SSSR count). The van der Waals surface area contributed by atoms with Crippen molar-refractivity contribution in [2.45, 2.75) is 18.0 Å². The minimum atomic E-state index is -6.40. The van der Waals surface area contributed by atoms with E-state index in [0.29, 0.717) is 0 Å². The minimum Gasteiger partial charge on any atom is -0.506 e. The van der Waals surface area contributed by atoms with Crippen LogP contribution in [0, 0.1) is 5.41 Å². The fourth-order valence-electron chi connectivity index (χ4n) is 2.64. The van der Waals surface area contributed by atoms with Crippen molar-refractivity contribution in [2.75, 3.05) is 12.4 Å². The highest BCUT2D eigenvalue weighted by atomic mass is 35.5. The van der Waals surface area contributed by atoms with Crippen LogP contribution in [0.25, 0.3) is 5.57 Å². The quantitative estimate of drug-likeness (QED) is 0.134. The van der Waals surface area contributed by atoms with Gasteiger partial charge in [0.15, 0.2) is 0 Å². The third-order valence-electron chi connectivity index (χ3n) is 4.35. The van der Waals surface area contributed by atoms with Gasteiger partial charge in [-0.05, 0) is 18.2 Å². The second-order valence-electron chi connectivity index (χ2n) is 6.45. The molecule has 0 saturated heterocycles. The zero-order valence-corrected chi connectivity index (χ0v) is 18.1. The van der Waals surface area contributed by atoms with Gasteiger partial charge in [0.25, 0.3) is 0 Å². The predicted molar refractivity (Wildman–Crippen MR) is 109 cm³/mol. The summed E-state index contributed by atoms with van der Waals surface area (Å²) in [6.45, 7) is 0. The molecule has 0 aliphatic rings. The first kappa shape index (κ1) is 27.2. The Morgan fingerprint density at radius 1 is 1.12 bits per heavy atom. The molecule has 3 N–H and O–H groups in total. The Hall–Kier alpha value is -3.06. The molecule has 184 valence electrons. The molecule has 0 fully saturated rings. The van der Waals surface area contributed by atoms with E-state index < -0.39 is 46.0 Å². The predicted octanol–water partition coefficient (Wildman–Crippen LogP) is 6.27. The number of pyridine rings is 1. The lowest BCUT2D eigenvalue weighted by atomic mass is 9.93. The molecule has 0 saturated carbocycles. The van der Waals surface area contributed by atoms with Crippen molar-refractivity contribution < 1.29 is 45.4 Å². The van der Waals surface area contributed by atoms with Gasteiger partial charge in [0.2, 0.25) is 0 Å². The molecule has 1 aromatic heterocycles. The molecule has 0 aliphatic carbocycles. The van der Waals surface area contributed by atoms with Gasteiger partial charge in [0.05, 0.1) is 23.4 Å². The van der Waals surface area contributed by atoms with E-state index in [0.717, 1.165) is 25.7 Å². The maximum Gasteiger partial charge on any atom is 0.435 e. The number of benzene rings is 1. The number of alkyl halides is 7. The number of hydrogen-bond donors (Lipinski definition) is 3. The SMILES string of the molecule is COC(=O)c1cc(/C(C=N)=C/Nc2c(O)cc(C(F)(C(F)(F)F)C(F)(F)F)cc2Cl)cnc1Cl. The van der Waals surface area contributed by atoms with Gasteiger partial charge in [-0.3, -0.25) is 0 Å². The van der Waals surface area contributed by atoms with E-state index in [2.05, 4.69) is 15.0 Å². The van der Waals surface area contributed by atoms with E-state index >= 15 is 0 Å². The number of aromatic hydroxyl groups is 1. The van der Waals surface area contributed by atoms with E-state index in [-0.39, 0.29) is 34.0 Å². The lowest BCUT2D eigenvalue weighted by Crippen LogP contribution is -2.50. The number of esters is 1. The number of nitrogens with one attached hydrogen (secondary N) is 2. The first-order valence-corrected chi connectivity index (χ1v) is 9.40. The standard InChI is InChI=1S/C19H12Cl2F7N3O3/c1-34-16(33)11-2-8(6-31-15(11)21)9(5-29)7-30-14-12(20)3-10(4-13(14)32)17(22,18(23,24)25)19(26,27)28/h2-7,29-30,32H,1H3/b9-7+,29-5?. The van der Waals surface area contributed by atoms with Crippen molar-refractivity contribution in [3.8, 4) is 5.75 Å². The molecule has 0 aliphatic heterocycles. The lowest BCUT2D eigenvalue weighted by Gasteiger charge is -2.30. The summed E-state index contributed by atoms with van der Waals surface area (Å²) in [4.78, 5) is 15.5. The Labute approximate surface area is 196 Å². The van der Waals surface area contributed by atoms with Crippen molar-refractivity contribution >= 4 is 46.6 Å². The minimum absolute atomic E-state index is 0.0423. The number of phenols is 1. The number of allylic oxidation sites excluding steroid dienone is 1. The van der Waals surface area contributed by atoms with Crippen molar-refractivity contribution in [3.05, 3.63) is 57.5 Å². The van der Waals surface area contributed by atoms with Crippen molar-refractivity contribution in [1.29, 1.82) is 5.41 Å². The number of rotatable bonds is 6. The van der Waals surface area contributed by atoms with Gasteiger partial charge in [0, 0.05) is 35.3 Å². The normalized spacial score (nSPS) is 12.9. The number of methoxy groups -OCH3 is 1. The van der Waals surface area contributed by atoms with Crippen molar-refractivity contribution in [1.82, 2.24) is 4.98 Å². The van der Waals surface area contributed by atoms with E-state index in [4.69, 9.17) is 28.6 Å². The molecule has 34 heavy (non-hydrogen) atoms. The smallest absolute Gasteiger partial charge is 0.435 e. The number of carbonyl (C=O) groups excluding carboxylic acids is 1. The number of anilines is 1. The van der Waals surface area contributed by atoms with E-state index in [9.17, 15) is 40.6 Å². The molecule has 0 radical (unpaired) electrons. The van der Waals surface area contributed by atoms with Crippen LogP contribution in [-0.4, -0.2) is 41.7 Å². The van der Waals surface area contributed by atoms with E-state index in [1.165, 1.54) is 6.07 Å². The van der Waals surface area contributed by atoms with Gasteiger partial charge >= 0.3 is 24.0 Å². The first-order valence-electron chi connectivity index (χ1n) is 8.65. The van der Waals surface area contributed by atoms with Crippen LogP contribution < -0.4 is 5.32 Å². The molecule has 2 aromatic rings. The largest absolute Gasteiger partial charge is 0.506 e. The number of nitrogens with zero attached hydrogens (tertiary/aromatic N) is 1. The molecule has 0 bridgehead atoms. The van der Waals surface area contributed by atoms with Gasteiger partial charge in [-0.25, -0.2) is 14.2 Å². The highest BCUT2D eigenvalue weighted by molar-refractivity contribution is 6.34. The van der Waals surface area contributed by atoms with Crippen LogP contribution in [0.3, 0.4) is 0 Å². The van der Waals surface area contributed by atoms with Crippen LogP contribution in [0.5, 0.6) is 5.75 Å². The maximum absolute atomic E-state index is 14.2. The fraction of sp³-hybridized carbons (Fsp3) is 0.211. The molecule has 6 nitrogen and oxygen atoms in total. The molecular formula is C19H12Cl2F7N3O3. The number of ether oxygens (including phenoxy) is 1. The third kappa shape index (κ3) is 5.04. The van der Waals surface area contributed by atoms with E-state index in [1.807, 2.05) is 0 Å². The Kier molecular flexibility index (Phi) is 7.73. The zero-order valence-electron chi connectivity index (χ0n) is 16.6. The number of halogens is 9. The Balaban J connectivity index is 2.51. The average Bonchev–Trinajstić information content (AvgIpc) is 2.73. The summed E-state index contributed by atoms with van der Waals surface area (Å²) in [6, 6.07) is 1.17. The molecule has 0 spiro atoms. The van der Waals surface area contributed by atoms with E-state index in [1.54, 1.807) is 0 Å². The topological polar surface area (TPSA) is 95.3 Å². The summed E-state index contributed by atoms with van der Waals surface area (Å²) in [5, 5.41) is 18.7. The summed E-state index contributed by atoms with van der Waals surface area (Å²) in [5.74, 6) is -2.10. The summed E-state index contributed by atoms with van der Waals surface area (Å²) in [7, 11) is 1.08. The maximum atomic E-state index is 14.2. The molecule has 0 amide bonds. The molecular weight excluding hydrogens is 522 g/mol. The van der Waals surface area contributed by atoms with Crippen molar-refractivity contribution in [2.24, 2.45) is 0 Å². The highest BCUT2D eigenvalue weighted by Crippen LogP contribution is 2.54. The molecule has 15 heteroatoms. The Bertz CT molecular complexity index is 1110. The van der Waals surface area contributed by atoms with Crippen molar-refractivity contribution in [3.63, 3.8) is 0 Å². The van der Waals surface area contributed by atoms with Gasteiger partial charge in [-0.15, -0.1) is 0 Å². The van der Waals surface area contributed by atoms with Gasteiger partial charge < -0.3 is 20.6 Å². The van der Waals surface area contributed by atoms with Crippen LogP contribution >= 0.6 is 23.2 Å². The second-order valence-corrected chi connectivity index (χ2v) is 7.21. The number of carbonyl (C=O) groups is 1. The summed E-state index contributed by atoms with van der Waals surface area (Å²) >= 11 is 11.5.